The molecule has 2 N–H and O–H groups in total. The van der Waals surface area contributed by atoms with E-state index in [0.717, 1.165) is 11.1 Å². The third-order valence-corrected chi connectivity index (χ3v) is 6.99. The van der Waals surface area contributed by atoms with Crippen LogP contribution >= 0.6 is 0 Å². The maximum atomic E-state index is 13.4. The van der Waals surface area contributed by atoms with Crippen molar-refractivity contribution in [2.45, 2.75) is 30.3 Å². The van der Waals surface area contributed by atoms with Gasteiger partial charge in [-0.15, -0.1) is 0 Å². The molecule has 0 saturated heterocycles. The van der Waals surface area contributed by atoms with Crippen LogP contribution in [-0.4, -0.2) is 32.2 Å². The zero-order chi connectivity index (χ0) is 23.4. The number of sulfonamides is 1. The summed E-state index contributed by atoms with van der Waals surface area (Å²) in [6, 6.07) is 21.8. The van der Waals surface area contributed by atoms with Gasteiger partial charge in [-0.1, -0.05) is 60.7 Å². The van der Waals surface area contributed by atoms with E-state index in [1.54, 1.807) is 43.4 Å². The van der Waals surface area contributed by atoms with E-state index in [9.17, 15) is 18.0 Å². The third kappa shape index (κ3) is 5.30. The summed E-state index contributed by atoms with van der Waals surface area (Å²) in [6.07, 6.45) is 0.769. The summed E-state index contributed by atoms with van der Waals surface area (Å²) in [5, 5.41) is 2.75. The van der Waals surface area contributed by atoms with E-state index in [2.05, 4.69) is 10.0 Å². The Hall–Kier alpha value is -3.49. The number of hydrogen-bond acceptors (Lipinski definition) is 4. The first-order valence-corrected chi connectivity index (χ1v) is 12.1. The van der Waals surface area contributed by atoms with Gasteiger partial charge < -0.3 is 10.2 Å². The fourth-order valence-corrected chi connectivity index (χ4v) is 5.04. The summed E-state index contributed by atoms with van der Waals surface area (Å²) >= 11 is 0. The fraction of sp³-hybridized carbons (Fsp3) is 0.200. The van der Waals surface area contributed by atoms with Crippen LogP contribution in [0, 0.1) is 0 Å². The molecule has 0 radical (unpaired) electrons. The van der Waals surface area contributed by atoms with Gasteiger partial charge in [-0.05, 0) is 41.3 Å². The molecule has 0 aliphatic carbocycles. The Morgan fingerprint density at radius 2 is 1.67 bits per heavy atom. The average molecular weight is 464 g/mol. The highest BCUT2D eigenvalue weighted by molar-refractivity contribution is 7.89. The van der Waals surface area contributed by atoms with Gasteiger partial charge in [-0.2, -0.15) is 4.72 Å². The monoisotopic (exact) mass is 463 g/mol. The molecule has 0 bridgehead atoms. The predicted molar refractivity (Wildman–Crippen MR) is 126 cm³/mol. The molecule has 0 spiro atoms. The molecule has 7 nitrogen and oxygen atoms in total. The third-order valence-electron chi connectivity index (χ3n) is 5.57. The number of fused-ring (bicyclic) bond motifs is 1. The maximum absolute atomic E-state index is 13.4. The first kappa shape index (κ1) is 22.7. The zero-order valence-electron chi connectivity index (χ0n) is 18.2. The standard InChI is InChI=1S/C25H25N3O4S/c1-28(17-18-8-4-2-5-9-18)25(30)24(19-10-6-3-7-11-19)27-33(31,32)21-13-14-22-20(16-21)12-15-23(29)26-22/h2-11,13-14,16,24,27H,12,15,17H2,1H3,(H,26,29)/t24-/m0/s1. The Labute approximate surface area is 193 Å². The number of likely N-dealkylation sites (N-methyl/N-ethyl adjacent to an activating group) is 1. The molecule has 170 valence electrons. The van der Waals surface area contributed by atoms with E-state index in [1.165, 1.54) is 11.0 Å². The number of nitrogens with one attached hydrogen (secondary N) is 2. The number of carbonyl (C=O) groups excluding carboxylic acids is 2. The molecule has 2 amide bonds. The Balaban J connectivity index is 1.61. The van der Waals surface area contributed by atoms with Crippen molar-refractivity contribution in [3.63, 3.8) is 0 Å². The van der Waals surface area contributed by atoms with Crippen molar-refractivity contribution in [3.8, 4) is 0 Å². The van der Waals surface area contributed by atoms with Crippen molar-refractivity contribution < 1.29 is 18.0 Å². The number of carbonyl (C=O) groups is 2. The van der Waals surface area contributed by atoms with Crippen LogP contribution < -0.4 is 10.0 Å². The molecule has 1 aliphatic rings. The average Bonchev–Trinajstić information content (AvgIpc) is 2.83. The van der Waals surface area contributed by atoms with Crippen LogP contribution in [0.1, 0.15) is 29.2 Å². The van der Waals surface area contributed by atoms with E-state index < -0.39 is 16.1 Å². The van der Waals surface area contributed by atoms with E-state index in [-0.39, 0.29) is 16.7 Å². The molecule has 3 aromatic carbocycles. The van der Waals surface area contributed by atoms with Crippen LogP contribution in [0.3, 0.4) is 0 Å². The largest absolute Gasteiger partial charge is 0.340 e. The molecule has 1 heterocycles. The van der Waals surface area contributed by atoms with Gasteiger partial charge in [0.05, 0.1) is 4.90 Å². The normalized spacial score (nSPS) is 14.2. The molecule has 33 heavy (non-hydrogen) atoms. The lowest BCUT2D eigenvalue weighted by Crippen LogP contribution is -2.41. The van der Waals surface area contributed by atoms with Gasteiger partial charge in [-0.3, -0.25) is 9.59 Å². The lowest BCUT2D eigenvalue weighted by molar-refractivity contribution is -0.132. The van der Waals surface area contributed by atoms with Gasteiger partial charge in [0.1, 0.15) is 6.04 Å². The summed E-state index contributed by atoms with van der Waals surface area (Å²) < 4.78 is 29.2. The van der Waals surface area contributed by atoms with Gasteiger partial charge in [0.15, 0.2) is 0 Å². The molecule has 8 heteroatoms. The van der Waals surface area contributed by atoms with Gasteiger partial charge in [0, 0.05) is 25.7 Å². The molecule has 0 unspecified atom stereocenters. The first-order chi connectivity index (χ1) is 15.8. The van der Waals surface area contributed by atoms with E-state index in [1.807, 2.05) is 36.4 Å². The second-order valence-corrected chi connectivity index (χ2v) is 9.73. The SMILES string of the molecule is CN(Cc1ccccc1)C(=O)[C@@H](NS(=O)(=O)c1ccc2c(c1)CCC(=O)N2)c1ccccc1. The Morgan fingerprint density at radius 1 is 1.00 bits per heavy atom. The summed E-state index contributed by atoms with van der Waals surface area (Å²) in [5.74, 6) is -0.453. The summed E-state index contributed by atoms with van der Waals surface area (Å²) in [6.45, 7) is 0.350. The van der Waals surface area contributed by atoms with Gasteiger partial charge in [0.2, 0.25) is 21.8 Å². The number of amides is 2. The Morgan fingerprint density at radius 3 is 2.36 bits per heavy atom. The first-order valence-electron chi connectivity index (χ1n) is 10.6. The molecule has 3 aromatic rings. The minimum Gasteiger partial charge on any atom is -0.340 e. The van der Waals surface area contributed by atoms with Crippen molar-refractivity contribution >= 4 is 27.5 Å². The van der Waals surface area contributed by atoms with Crippen molar-refractivity contribution in [2.24, 2.45) is 0 Å². The lowest BCUT2D eigenvalue weighted by atomic mass is 10.0. The smallest absolute Gasteiger partial charge is 0.245 e. The molecule has 1 atom stereocenters. The van der Waals surface area contributed by atoms with E-state index in [4.69, 9.17) is 0 Å². The van der Waals surface area contributed by atoms with Gasteiger partial charge in [-0.25, -0.2) is 8.42 Å². The Kier molecular flexibility index (Phi) is 6.57. The zero-order valence-corrected chi connectivity index (χ0v) is 19.0. The van der Waals surface area contributed by atoms with Crippen molar-refractivity contribution in [2.75, 3.05) is 12.4 Å². The quantitative estimate of drug-likeness (QED) is 0.562. The van der Waals surface area contributed by atoms with Crippen LogP contribution in [-0.2, 0) is 32.6 Å². The van der Waals surface area contributed by atoms with Crippen LogP contribution in [0.4, 0.5) is 5.69 Å². The Bertz CT molecular complexity index is 1260. The van der Waals surface area contributed by atoms with Crippen LogP contribution in [0.15, 0.2) is 83.8 Å². The summed E-state index contributed by atoms with van der Waals surface area (Å²) in [4.78, 5) is 26.5. The number of benzene rings is 3. The second-order valence-electron chi connectivity index (χ2n) is 8.01. The number of nitrogens with zero attached hydrogens (tertiary/aromatic N) is 1. The second kappa shape index (κ2) is 9.56. The number of anilines is 1. The molecule has 0 saturated carbocycles. The minimum absolute atomic E-state index is 0.0526. The predicted octanol–water partition coefficient (Wildman–Crippen LogP) is 3.25. The van der Waals surface area contributed by atoms with E-state index >= 15 is 0 Å². The lowest BCUT2D eigenvalue weighted by Gasteiger charge is -2.25. The van der Waals surface area contributed by atoms with Gasteiger partial charge in [0.25, 0.3) is 0 Å². The van der Waals surface area contributed by atoms with E-state index in [0.29, 0.717) is 30.6 Å². The molecule has 1 aliphatic heterocycles. The molecular formula is C25H25N3O4S. The molecule has 0 fully saturated rings. The van der Waals surface area contributed by atoms with Gasteiger partial charge >= 0.3 is 0 Å². The molecule has 0 aromatic heterocycles. The number of rotatable bonds is 7. The summed E-state index contributed by atoms with van der Waals surface area (Å²) in [5.41, 5.74) is 2.86. The minimum atomic E-state index is -4.02. The number of hydrogen-bond donors (Lipinski definition) is 2. The van der Waals surface area contributed by atoms with Crippen molar-refractivity contribution in [1.29, 1.82) is 0 Å². The highest BCUT2D eigenvalue weighted by atomic mass is 32.2. The van der Waals surface area contributed by atoms with Crippen LogP contribution in [0.25, 0.3) is 0 Å². The van der Waals surface area contributed by atoms with Crippen molar-refractivity contribution in [3.05, 3.63) is 95.6 Å². The fourth-order valence-electron chi connectivity index (χ4n) is 3.81. The number of aryl methyl sites for hydroxylation is 1. The topological polar surface area (TPSA) is 95.6 Å². The maximum Gasteiger partial charge on any atom is 0.245 e. The van der Waals surface area contributed by atoms with Crippen molar-refractivity contribution in [1.82, 2.24) is 9.62 Å². The molecular weight excluding hydrogens is 438 g/mol. The molecule has 4 rings (SSSR count). The highest BCUT2D eigenvalue weighted by Crippen LogP contribution is 2.27. The van der Waals surface area contributed by atoms with Crippen LogP contribution in [0.2, 0.25) is 0 Å². The highest BCUT2D eigenvalue weighted by Gasteiger charge is 2.30. The van der Waals surface area contributed by atoms with Crippen LogP contribution in [0.5, 0.6) is 0 Å². The summed E-state index contributed by atoms with van der Waals surface area (Å²) in [7, 11) is -2.36.